The van der Waals surface area contributed by atoms with Gasteiger partial charge in [0.25, 0.3) is 5.60 Å². The average molecular weight is 821 g/mol. The molecule has 5 rings (SSSR count). The van der Waals surface area contributed by atoms with Crippen molar-refractivity contribution in [2.75, 3.05) is 43.8 Å². The molecule has 0 spiro atoms. The van der Waals surface area contributed by atoms with Gasteiger partial charge in [0.2, 0.25) is 0 Å². The van der Waals surface area contributed by atoms with Crippen LogP contribution in [-0.2, 0) is 25.0 Å². The second kappa shape index (κ2) is 18.8. The summed E-state index contributed by atoms with van der Waals surface area (Å²) in [7, 11) is 0. The van der Waals surface area contributed by atoms with E-state index in [1.165, 1.54) is 30.5 Å². The topological polar surface area (TPSA) is 123 Å². The fourth-order valence-corrected chi connectivity index (χ4v) is 7.10. The van der Waals surface area contributed by atoms with Crippen LogP contribution < -0.4 is 21.7 Å². The molecular formula is C39H49Cl2F6N5O3. The van der Waals surface area contributed by atoms with E-state index in [1.807, 2.05) is 18.2 Å². The van der Waals surface area contributed by atoms with E-state index in [2.05, 4.69) is 26.9 Å². The number of urea groups is 1. The van der Waals surface area contributed by atoms with Gasteiger partial charge in [0.1, 0.15) is 0 Å². The number of rotatable bonds is 10. The zero-order valence-electron chi connectivity index (χ0n) is 30.8. The van der Waals surface area contributed by atoms with Gasteiger partial charge in [-0.05, 0) is 131 Å². The number of hydrogen-bond acceptors (Lipinski definition) is 6. The van der Waals surface area contributed by atoms with Crippen molar-refractivity contribution in [3.05, 3.63) is 93.0 Å². The van der Waals surface area contributed by atoms with Crippen LogP contribution in [0.1, 0.15) is 61.8 Å². The number of aliphatic hydroxyl groups is 2. The van der Waals surface area contributed by atoms with Crippen LogP contribution in [0.2, 0.25) is 10.0 Å². The maximum atomic E-state index is 13.1. The smallest absolute Gasteiger partial charge is 0.398 e. The zero-order chi connectivity index (χ0) is 40.6. The quantitative estimate of drug-likeness (QED) is 0.0902. The molecule has 304 valence electrons. The lowest BCUT2D eigenvalue weighted by molar-refractivity contribution is -0.376. The molecule has 0 unspecified atom stereocenters. The number of hydrogen-bond donors (Lipinski definition) is 6. The Balaban J connectivity index is 0.000000371. The third-order valence-corrected chi connectivity index (χ3v) is 10.5. The number of piperidine rings is 2. The summed E-state index contributed by atoms with van der Waals surface area (Å²) in [5.41, 5.74) is 2.36. The highest BCUT2D eigenvalue weighted by Gasteiger charge is 2.71. The standard InChI is InChI=1S/C27H32ClF6N3O3.C12H17ClN2/c1-24(2,39)16-35-23(38)36-22-8-5-19(14-21(22)28)13-17-9-11-37(12-10-17)15-18-3-6-20(7-4-18)25(40,26(29,30)31)27(32,33)34;13-11-8-10(1-2-12(11)14)7-9-3-5-15-6-4-9/h3-8,14,17,39-40H,9-13,15-16H2,1-2H3,(H2,35,36,38);1-2,8-9,15H,3-7,14H2. The number of nitrogen functional groups attached to an aromatic ring is 1. The monoisotopic (exact) mass is 819 g/mol. The van der Waals surface area contributed by atoms with Crippen molar-refractivity contribution in [3.63, 3.8) is 0 Å². The second-order valence-corrected chi connectivity index (χ2v) is 15.8. The number of carbonyl (C=O) groups excluding carboxylic acids is 1. The Bertz CT molecular complexity index is 1690. The molecule has 2 heterocycles. The molecule has 3 aromatic rings. The first-order valence-electron chi connectivity index (χ1n) is 18.1. The fourth-order valence-electron chi connectivity index (χ4n) is 6.65. The van der Waals surface area contributed by atoms with Crippen LogP contribution in [0.15, 0.2) is 60.7 Å². The zero-order valence-corrected chi connectivity index (χ0v) is 32.3. The van der Waals surface area contributed by atoms with Gasteiger partial charge in [-0.1, -0.05) is 59.6 Å². The third-order valence-electron chi connectivity index (χ3n) is 9.84. The van der Waals surface area contributed by atoms with Gasteiger partial charge in [-0.15, -0.1) is 0 Å². The number of nitrogens with zero attached hydrogens (tertiary/aromatic N) is 1. The van der Waals surface area contributed by atoms with Crippen molar-refractivity contribution in [2.45, 2.75) is 82.5 Å². The number of benzene rings is 3. The molecule has 0 saturated carbocycles. The van der Waals surface area contributed by atoms with Crippen LogP contribution in [0.25, 0.3) is 0 Å². The predicted molar refractivity (Wildman–Crippen MR) is 204 cm³/mol. The van der Waals surface area contributed by atoms with Gasteiger partial charge in [0.05, 0.1) is 27.0 Å². The van der Waals surface area contributed by atoms with Gasteiger partial charge in [-0.2, -0.15) is 26.3 Å². The van der Waals surface area contributed by atoms with Gasteiger partial charge in [-0.25, -0.2) is 4.79 Å². The first kappa shape index (κ1) is 44.4. The van der Waals surface area contributed by atoms with Crippen LogP contribution in [0, 0.1) is 11.8 Å². The summed E-state index contributed by atoms with van der Waals surface area (Å²) in [5.74, 6) is 1.14. The molecule has 2 fully saturated rings. The maximum Gasteiger partial charge on any atom is 0.430 e. The number of halogens is 8. The minimum Gasteiger partial charge on any atom is -0.398 e. The molecule has 16 heteroatoms. The summed E-state index contributed by atoms with van der Waals surface area (Å²) in [6, 6.07) is 14.5. The number of likely N-dealkylation sites (tertiary alicyclic amines) is 1. The Labute approximate surface area is 327 Å². The lowest BCUT2D eigenvalue weighted by Gasteiger charge is -2.33. The fraction of sp³-hybridized carbons (Fsp3) is 0.513. The van der Waals surface area contributed by atoms with Crippen LogP contribution >= 0.6 is 23.2 Å². The van der Waals surface area contributed by atoms with E-state index in [0.717, 1.165) is 50.3 Å². The second-order valence-electron chi connectivity index (χ2n) is 15.0. The number of nitrogens with two attached hydrogens (primary N) is 1. The van der Waals surface area contributed by atoms with Gasteiger partial charge in [0.15, 0.2) is 0 Å². The Morgan fingerprint density at radius 2 is 1.31 bits per heavy atom. The molecule has 55 heavy (non-hydrogen) atoms. The largest absolute Gasteiger partial charge is 0.430 e. The summed E-state index contributed by atoms with van der Waals surface area (Å²) < 4.78 is 78.6. The lowest BCUT2D eigenvalue weighted by Crippen LogP contribution is -2.53. The molecule has 2 amide bonds. The molecule has 8 nitrogen and oxygen atoms in total. The molecule has 2 saturated heterocycles. The first-order valence-corrected chi connectivity index (χ1v) is 18.9. The summed E-state index contributed by atoms with van der Waals surface area (Å²) in [6.45, 7) is 7.23. The van der Waals surface area contributed by atoms with E-state index in [9.17, 15) is 41.4 Å². The van der Waals surface area contributed by atoms with Gasteiger partial charge in [-0.3, -0.25) is 4.90 Å². The van der Waals surface area contributed by atoms with E-state index in [1.54, 1.807) is 26.0 Å². The van der Waals surface area contributed by atoms with Gasteiger partial charge in [0, 0.05) is 18.7 Å². The molecule has 0 aromatic heterocycles. The number of nitrogens with one attached hydrogen (secondary N) is 3. The van der Waals surface area contributed by atoms with E-state index in [-0.39, 0.29) is 6.54 Å². The number of amides is 2. The van der Waals surface area contributed by atoms with Crippen molar-refractivity contribution < 1.29 is 41.4 Å². The summed E-state index contributed by atoms with van der Waals surface area (Å²) in [5, 5.41) is 28.9. The van der Waals surface area contributed by atoms with Crippen LogP contribution in [-0.4, -0.2) is 71.8 Å². The molecule has 2 aliphatic rings. The Morgan fingerprint density at radius 3 is 1.82 bits per heavy atom. The van der Waals surface area contributed by atoms with Crippen molar-refractivity contribution in [1.29, 1.82) is 0 Å². The lowest BCUT2D eigenvalue weighted by atomic mass is 9.89. The predicted octanol–water partition coefficient (Wildman–Crippen LogP) is 8.46. The minimum atomic E-state index is -5.91. The maximum absolute atomic E-state index is 13.1. The molecule has 3 aromatic carbocycles. The van der Waals surface area contributed by atoms with Crippen LogP contribution in [0.4, 0.5) is 42.5 Å². The van der Waals surface area contributed by atoms with Crippen molar-refractivity contribution in [1.82, 2.24) is 15.5 Å². The van der Waals surface area contributed by atoms with Crippen molar-refractivity contribution >= 4 is 40.6 Å². The highest BCUT2D eigenvalue weighted by molar-refractivity contribution is 6.33. The molecule has 0 bridgehead atoms. The van der Waals surface area contributed by atoms with Gasteiger partial charge < -0.3 is 31.9 Å². The minimum absolute atomic E-state index is 0.0675. The third kappa shape index (κ3) is 12.9. The van der Waals surface area contributed by atoms with Crippen LogP contribution in [0.5, 0.6) is 0 Å². The normalized spacial score (nSPS) is 16.7. The van der Waals surface area contributed by atoms with E-state index >= 15 is 0 Å². The highest BCUT2D eigenvalue weighted by atomic mass is 35.5. The Kier molecular flexibility index (Phi) is 15.2. The molecule has 0 atom stereocenters. The summed E-state index contributed by atoms with van der Waals surface area (Å²) in [4.78, 5) is 14.1. The Hall–Kier alpha value is -3.27. The molecular weight excluding hydrogens is 771 g/mol. The molecule has 0 radical (unpaired) electrons. The van der Waals surface area contributed by atoms with Gasteiger partial charge >= 0.3 is 18.4 Å². The van der Waals surface area contributed by atoms with Crippen molar-refractivity contribution in [2.24, 2.45) is 11.8 Å². The first-order chi connectivity index (χ1) is 25.6. The highest BCUT2D eigenvalue weighted by Crippen LogP contribution is 2.50. The average Bonchev–Trinajstić information content (AvgIpc) is 3.10. The molecule has 7 N–H and O–H groups in total. The van der Waals surface area contributed by atoms with E-state index in [0.29, 0.717) is 64.7 Å². The number of anilines is 2. The molecule has 2 aliphatic heterocycles. The summed E-state index contributed by atoms with van der Waals surface area (Å²) in [6.07, 6.45) is -5.76. The van der Waals surface area contributed by atoms with Crippen LogP contribution in [0.3, 0.4) is 0 Å². The van der Waals surface area contributed by atoms with E-state index in [4.69, 9.17) is 28.9 Å². The summed E-state index contributed by atoms with van der Waals surface area (Å²) >= 11 is 12.3. The number of carbonyl (C=O) groups is 1. The van der Waals surface area contributed by atoms with Crippen molar-refractivity contribution in [3.8, 4) is 0 Å². The Morgan fingerprint density at radius 1 is 0.800 bits per heavy atom. The number of alkyl halides is 6. The molecule has 0 aliphatic carbocycles. The SMILES string of the molecule is CC(C)(O)CNC(=O)Nc1ccc(CC2CCN(Cc3ccc(C(O)(C(F)(F)F)C(F)(F)F)cc3)CC2)cc1Cl.Nc1ccc(CC2CCNCC2)cc1Cl. The van der Waals surface area contributed by atoms with E-state index < -0.39 is 35.1 Å².